The van der Waals surface area contributed by atoms with E-state index in [0.29, 0.717) is 18.9 Å². The van der Waals surface area contributed by atoms with Crippen LogP contribution >= 0.6 is 0 Å². The van der Waals surface area contributed by atoms with Crippen LogP contribution in [0.15, 0.2) is 24.3 Å². The Morgan fingerprint density at radius 3 is 2.88 bits per heavy atom. The number of H-pyrrole nitrogens is 1. The number of benzene rings is 1. The van der Waals surface area contributed by atoms with Crippen molar-refractivity contribution in [2.24, 2.45) is 16.7 Å². The maximum Gasteiger partial charge on any atom is 0.226 e. The number of nitrogens with zero attached hydrogens (tertiary/aromatic N) is 1. The van der Waals surface area contributed by atoms with E-state index in [4.69, 9.17) is 0 Å². The van der Waals surface area contributed by atoms with E-state index in [2.05, 4.69) is 22.2 Å². The zero-order valence-electron chi connectivity index (χ0n) is 15.3. The molecule has 4 aliphatic carbocycles. The summed E-state index contributed by atoms with van der Waals surface area (Å²) in [4.78, 5) is 21.1. The predicted molar refractivity (Wildman–Crippen MR) is 99.2 cm³/mol. The molecule has 0 aliphatic heterocycles. The summed E-state index contributed by atoms with van der Waals surface area (Å²) in [5.74, 6) is 1.39. The number of aromatic nitrogens is 2. The van der Waals surface area contributed by atoms with Gasteiger partial charge in [0.1, 0.15) is 5.82 Å². The zero-order chi connectivity index (χ0) is 18.0. The Labute approximate surface area is 153 Å². The highest BCUT2D eigenvalue weighted by atomic mass is 16.3. The second-order valence-electron chi connectivity index (χ2n) is 9.25. The van der Waals surface area contributed by atoms with Crippen LogP contribution in [-0.2, 0) is 11.3 Å². The molecular weight excluding hydrogens is 326 g/mol. The van der Waals surface area contributed by atoms with Crippen LogP contribution in [-0.4, -0.2) is 26.6 Å². The second-order valence-corrected chi connectivity index (χ2v) is 9.25. The van der Waals surface area contributed by atoms with Crippen molar-refractivity contribution in [3.63, 3.8) is 0 Å². The molecule has 0 radical (unpaired) electrons. The third kappa shape index (κ3) is 2.40. The normalized spacial score (nSPS) is 38.0. The van der Waals surface area contributed by atoms with E-state index in [1.807, 2.05) is 24.3 Å². The molecular formula is C21H27N3O2. The average Bonchev–Trinajstić information content (AvgIpc) is 3.00. The molecule has 4 bridgehead atoms. The van der Waals surface area contributed by atoms with Crippen LogP contribution in [0.4, 0.5) is 0 Å². The molecule has 1 aromatic carbocycles. The van der Waals surface area contributed by atoms with Crippen molar-refractivity contribution in [3.05, 3.63) is 30.1 Å². The van der Waals surface area contributed by atoms with Gasteiger partial charge >= 0.3 is 0 Å². The molecule has 0 spiro atoms. The molecule has 1 aromatic heterocycles. The third-order valence-corrected chi connectivity index (χ3v) is 7.24. The topological polar surface area (TPSA) is 78.0 Å². The fourth-order valence-electron chi connectivity index (χ4n) is 6.67. The summed E-state index contributed by atoms with van der Waals surface area (Å²) in [6.45, 7) is 2.63. The first-order chi connectivity index (χ1) is 12.4. The molecule has 4 fully saturated rings. The van der Waals surface area contributed by atoms with E-state index in [9.17, 15) is 9.90 Å². The number of aliphatic hydroxyl groups is 1. The van der Waals surface area contributed by atoms with Gasteiger partial charge in [-0.3, -0.25) is 4.79 Å². The highest BCUT2D eigenvalue weighted by Crippen LogP contribution is 2.67. The van der Waals surface area contributed by atoms with E-state index < -0.39 is 11.0 Å². The van der Waals surface area contributed by atoms with Crippen molar-refractivity contribution in [2.75, 3.05) is 0 Å². The second kappa shape index (κ2) is 5.32. The van der Waals surface area contributed by atoms with Crippen LogP contribution in [0, 0.1) is 16.7 Å². The van der Waals surface area contributed by atoms with E-state index in [-0.39, 0.29) is 11.3 Å². The largest absolute Gasteiger partial charge is 0.390 e. The average molecular weight is 353 g/mol. The first-order valence-corrected chi connectivity index (χ1v) is 9.88. The number of nitrogens with one attached hydrogen (secondary N) is 2. The number of imidazole rings is 1. The lowest BCUT2D eigenvalue weighted by atomic mass is 9.42. The summed E-state index contributed by atoms with van der Waals surface area (Å²) in [5, 5.41) is 14.2. The molecule has 2 aromatic rings. The van der Waals surface area contributed by atoms with Gasteiger partial charge in [-0.15, -0.1) is 0 Å². The van der Waals surface area contributed by atoms with Gasteiger partial charge in [-0.2, -0.15) is 0 Å². The van der Waals surface area contributed by atoms with Gasteiger partial charge in [-0.25, -0.2) is 4.98 Å². The summed E-state index contributed by atoms with van der Waals surface area (Å²) in [7, 11) is 0. The van der Waals surface area contributed by atoms with Crippen LogP contribution in [0.25, 0.3) is 11.0 Å². The summed E-state index contributed by atoms with van der Waals surface area (Å²) < 4.78 is 0. The van der Waals surface area contributed by atoms with E-state index in [1.165, 1.54) is 6.42 Å². The lowest BCUT2D eigenvalue weighted by molar-refractivity contribution is -0.204. The molecule has 3 N–H and O–H groups in total. The summed E-state index contributed by atoms with van der Waals surface area (Å²) in [5.41, 5.74) is 1.05. The molecule has 1 heterocycles. The minimum absolute atomic E-state index is 0.110. The number of fused-ring (bicyclic) bond motifs is 1. The van der Waals surface area contributed by atoms with Gasteiger partial charge in [-0.1, -0.05) is 25.5 Å². The van der Waals surface area contributed by atoms with Crippen molar-refractivity contribution in [1.82, 2.24) is 15.3 Å². The Morgan fingerprint density at radius 1 is 1.27 bits per heavy atom. The van der Waals surface area contributed by atoms with Crippen LogP contribution in [0.3, 0.4) is 0 Å². The first kappa shape index (κ1) is 16.3. The Bertz CT molecular complexity index is 844. The monoisotopic (exact) mass is 353 g/mol. The van der Waals surface area contributed by atoms with Crippen molar-refractivity contribution < 1.29 is 9.90 Å². The number of rotatable bonds is 4. The smallest absolute Gasteiger partial charge is 0.226 e. The highest BCUT2D eigenvalue weighted by Gasteiger charge is 2.64. The van der Waals surface area contributed by atoms with Gasteiger partial charge < -0.3 is 15.4 Å². The molecule has 1 amide bonds. The molecule has 5 heteroatoms. The van der Waals surface area contributed by atoms with Gasteiger partial charge in [0.15, 0.2) is 0 Å². The first-order valence-electron chi connectivity index (χ1n) is 9.88. The van der Waals surface area contributed by atoms with Crippen LogP contribution in [0.2, 0.25) is 0 Å². The molecule has 6 rings (SSSR count). The molecule has 4 saturated carbocycles. The minimum atomic E-state index is -0.633. The number of hydrogen-bond donors (Lipinski definition) is 3. The van der Waals surface area contributed by atoms with Crippen molar-refractivity contribution in [1.29, 1.82) is 0 Å². The lowest BCUT2D eigenvalue weighted by Crippen LogP contribution is -2.63. The van der Waals surface area contributed by atoms with E-state index in [1.54, 1.807) is 0 Å². The van der Waals surface area contributed by atoms with Gasteiger partial charge in [0.2, 0.25) is 5.91 Å². The summed E-state index contributed by atoms with van der Waals surface area (Å²) in [6, 6.07) is 7.90. The molecule has 138 valence electrons. The molecule has 5 nitrogen and oxygen atoms in total. The number of aromatic amines is 1. The predicted octanol–water partition coefficient (Wildman–Crippen LogP) is 3.29. The van der Waals surface area contributed by atoms with E-state index in [0.717, 1.165) is 49.0 Å². The fourth-order valence-corrected chi connectivity index (χ4v) is 6.67. The Balaban J connectivity index is 1.36. The Kier molecular flexibility index (Phi) is 3.34. The zero-order valence-corrected chi connectivity index (χ0v) is 15.3. The minimum Gasteiger partial charge on any atom is -0.390 e. The quantitative estimate of drug-likeness (QED) is 0.789. The molecule has 4 aliphatic rings. The number of carbonyl (C=O) groups is 1. The Morgan fingerprint density at radius 2 is 2.12 bits per heavy atom. The van der Waals surface area contributed by atoms with Gasteiger partial charge in [0.25, 0.3) is 0 Å². The molecule has 4 atom stereocenters. The number of carbonyl (C=O) groups excluding carboxylic acids is 1. The van der Waals surface area contributed by atoms with Gasteiger partial charge in [-0.05, 0) is 62.0 Å². The number of hydrogen-bond acceptors (Lipinski definition) is 3. The van der Waals surface area contributed by atoms with Crippen LogP contribution < -0.4 is 5.32 Å². The molecule has 26 heavy (non-hydrogen) atoms. The van der Waals surface area contributed by atoms with Gasteiger partial charge in [0, 0.05) is 0 Å². The third-order valence-electron chi connectivity index (χ3n) is 7.24. The summed E-state index contributed by atoms with van der Waals surface area (Å²) >= 11 is 0. The maximum absolute atomic E-state index is 13.2. The summed E-state index contributed by atoms with van der Waals surface area (Å²) in [6.07, 6.45) is 6.50. The van der Waals surface area contributed by atoms with Gasteiger partial charge in [0.05, 0.1) is 28.6 Å². The van der Waals surface area contributed by atoms with Crippen molar-refractivity contribution in [2.45, 2.75) is 64.0 Å². The van der Waals surface area contributed by atoms with E-state index >= 15 is 0 Å². The highest BCUT2D eigenvalue weighted by molar-refractivity contribution is 5.83. The SMILES string of the molecule is CC[C@]12C[C@@H]3C[C@@](O)(C1)C[C@@](C(=O)NCc1nc4ccccc4[nH]1)(C3)C2. The van der Waals surface area contributed by atoms with Crippen LogP contribution in [0.1, 0.15) is 57.7 Å². The standard InChI is InChI=1S/C21H27N3O2/c1-2-19-7-14-8-20(11-19,13-21(26,9-14)12-19)18(25)22-10-17-23-15-5-3-4-6-16(15)24-17/h3-6,14,26H,2,7-13H2,1H3,(H,22,25)(H,23,24)/t14-,19+,20+,21+/m0/s1. The van der Waals surface area contributed by atoms with Crippen LogP contribution in [0.5, 0.6) is 0 Å². The fraction of sp³-hybridized carbons (Fsp3) is 0.619. The molecule has 0 unspecified atom stereocenters. The molecule has 0 saturated heterocycles. The van der Waals surface area contributed by atoms with Crippen molar-refractivity contribution >= 4 is 16.9 Å². The Hall–Kier alpha value is -1.88. The number of para-hydroxylation sites is 2. The number of amides is 1. The van der Waals surface area contributed by atoms with Crippen molar-refractivity contribution in [3.8, 4) is 0 Å². The maximum atomic E-state index is 13.2. The lowest BCUT2D eigenvalue weighted by Gasteiger charge is -2.64.